The van der Waals surface area contributed by atoms with Gasteiger partial charge in [-0.05, 0) is 58.8 Å². The third kappa shape index (κ3) is 4.01. The summed E-state index contributed by atoms with van der Waals surface area (Å²) in [5, 5.41) is 0. The van der Waals surface area contributed by atoms with Crippen LogP contribution in [0.3, 0.4) is 0 Å². The van der Waals surface area contributed by atoms with E-state index in [-0.39, 0.29) is 0 Å². The zero-order valence-electron chi connectivity index (χ0n) is 12.2. The van der Waals surface area contributed by atoms with Crippen LogP contribution in [0.2, 0.25) is 0 Å². The zero-order chi connectivity index (χ0) is 15.5. The second-order valence-electron chi connectivity index (χ2n) is 5.51. The first-order valence-electron chi connectivity index (χ1n) is 7.33. The third-order valence-electron chi connectivity index (χ3n) is 4.15. The van der Waals surface area contributed by atoms with Crippen LogP contribution in [0, 0.1) is 5.92 Å². The fourth-order valence-electron chi connectivity index (χ4n) is 2.76. The van der Waals surface area contributed by atoms with Gasteiger partial charge in [0, 0.05) is 23.4 Å². The molecule has 1 fully saturated rings. The highest BCUT2D eigenvalue weighted by Crippen LogP contribution is 2.29. The molecular weight excluding hydrogens is 374 g/mol. The van der Waals surface area contributed by atoms with E-state index in [1.807, 2.05) is 6.07 Å². The first-order valence-corrected chi connectivity index (χ1v) is 10.1. The number of benzene rings is 1. The van der Waals surface area contributed by atoms with E-state index < -0.39 is 10.0 Å². The number of nitrogens with zero attached hydrogens (tertiary/aromatic N) is 1. The summed E-state index contributed by atoms with van der Waals surface area (Å²) in [6, 6.07) is 5.28. The van der Waals surface area contributed by atoms with Gasteiger partial charge in [-0.2, -0.15) is 4.31 Å². The molecule has 0 spiro atoms. The summed E-state index contributed by atoms with van der Waals surface area (Å²) < 4.78 is 28.0. The summed E-state index contributed by atoms with van der Waals surface area (Å²) in [5.74, 6) is 0.955. The molecule has 1 unspecified atom stereocenters. The van der Waals surface area contributed by atoms with Crippen LogP contribution in [0.15, 0.2) is 27.6 Å². The molecule has 2 rings (SSSR count). The molecule has 1 aliphatic heterocycles. The fourth-order valence-corrected chi connectivity index (χ4v) is 5.39. The standard InChI is InChI=1S/C15H21BrClNO2S/c1-2-12-4-3-8-18(9-7-12)21(19,20)15-10-13(11-17)5-6-14(15)16/h5-6,10,12H,2-4,7-9,11H2,1H3. The Bertz CT molecular complexity index is 591. The van der Waals surface area contributed by atoms with Crippen molar-refractivity contribution in [2.45, 2.75) is 43.4 Å². The molecule has 3 nitrogen and oxygen atoms in total. The molecule has 1 aromatic rings. The highest BCUT2D eigenvalue weighted by Gasteiger charge is 2.28. The lowest BCUT2D eigenvalue weighted by molar-refractivity contribution is 0.407. The quantitative estimate of drug-likeness (QED) is 0.710. The van der Waals surface area contributed by atoms with Gasteiger partial charge >= 0.3 is 0 Å². The number of alkyl halides is 1. The monoisotopic (exact) mass is 393 g/mol. The average molecular weight is 395 g/mol. The first kappa shape index (κ1) is 17.3. The number of rotatable bonds is 4. The predicted molar refractivity (Wildman–Crippen MR) is 90.1 cm³/mol. The Balaban J connectivity index is 2.29. The summed E-state index contributed by atoms with van der Waals surface area (Å²) in [7, 11) is -3.45. The van der Waals surface area contributed by atoms with Gasteiger partial charge in [-0.15, -0.1) is 11.6 Å². The van der Waals surface area contributed by atoms with E-state index in [2.05, 4.69) is 22.9 Å². The van der Waals surface area contributed by atoms with Crippen LogP contribution in [0.1, 0.15) is 38.2 Å². The minimum Gasteiger partial charge on any atom is -0.207 e. The zero-order valence-corrected chi connectivity index (χ0v) is 15.3. The van der Waals surface area contributed by atoms with Crippen LogP contribution in [0.4, 0.5) is 0 Å². The summed E-state index contributed by atoms with van der Waals surface area (Å²) in [6.07, 6.45) is 4.12. The molecule has 1 heterocycles. The Morgan fingerprint density at radius 3 is 2.76 bits per heavy atom. The fraction of sp³-hybridized carbons (Fsp3) is 0.600. The lowest BCUT2D eigenvalue weighted by Gasteiger charge is -2.21. The van der Waals surface area contributed by atoms with Crippen molar-refractivity contribution in [2.75, 3.05) is 13.1 Å². The van der Waals surface area contributed by atoms with Crippen LogP contribution in [0.25, 0.3) is 0 Å². The summed E-state index contributed by atoms with van der Waals surface area (Å²) >= 11 is 9.19. The van der Waals surface area contributed by atoms with E-state index in [4.69, 9.17) is 11.6 Å². The lowest BCUT2D eigenvalue weighted by Crippen LogP contribution is -2.32. The van der Waals surface area contributed by atoms with Crippen molar-refractivity contribution < 1.29 is 8.42 Å². The molecule has 0 aliphatic carbocycles. The van der Waals surface area contributed by atoms with Gasteiger partial charge in [0.15, 0.2) is 0 Å². The van der Waals surface area contributed by atoms with Gasteiger partial charge in [-0.3, -0.25) is 0 Å². The largest absolute Gasteiger partial charge is 0.244 e. The van der Waals surface area contributed by atoms with Crippen molar-refractivity contribution in [2.24, 2.45) is 5.92 Å². The topological polar surface area (TPSA) is 37.4 Å². The molecule has 0 N–H and O–H groups in total. The van der Waals surface area contributed by atoms with Crippen LogP contribution in [-0.4, -0.2) is 25.8 Å². The van der Waals surface area contributed by atoms with E-state index in [1.54, 1.807) is 16.4 Å². The van der Waals surface area contributed by atoms with Gasteiger partial charge in [0.1, 0.15) is 0 Å². The molecule has 1 saturated heterocycles. The SMILES string of the molecule is CCC1CCCN(S(=O)(=O)c2cc(CCl)ccc2Br)CC1. The Hall–Kier alpha value is -0.100. The van der Waals surface area contributed by atoms with Gasteiger partial charge in [0.2, 0.25) is 10.0 Å². The normalized spacial score (nSPS) is 21.2. The number of sulfonamides is 1. The van der Waals surface area contributed by atoms with Gasteiger partial charge in [0.25, 0.3) is 0 Å². The average Bonchev–Trinajstić information content (AvgIpc) is 2.73. The van der Waals surface area contributed by atoms with E-state index >= 15 is 0 Å². The Morgan fingerprint density at radius 1 is 1.33 bits per heavy atom. The van der Waals surface area contributed by atoms with Gasteiger partial charge in [0.05, 0.1) is 4.90 Å². The van der Waals surface area contributed by atoms with Crippen molar-refractivity contribution in [1.29, 1.82) is 0 Å². The molecule has 0 amide bonds. The Kier molecular flexibility index (Phi) is 6.12. The van der Waals surface area contributed by atoms with Crippen molar-refractivity contribution >= 4 is 37.6 Å². The number of hydrogen-bond acceptors (Lipinski definition) is 2. The van der Waals surface area contributed by atoms with Crippen molar-refractivity contribution in [3.8, 4) is 0 Å². The van der Waals surface area contributed by atoms with Crippen molar-refractivity contribution in [3.63, 3.8) is 0 Å². The van der Waals surface area contributed by atoms with Crippen LogP contribution in [0.5, 0.6) is 0 Å². The van der Waals surface area contributed by atoms with E-state index in [0.29, 0.717) is 34.3 Å². The molecule has 0 bridgehead atoms. The van der Waals surface area contributed by atoms with Crippen molar-refractivity contribution in [3.05, 3.63) is 28.2 Å². The minimum absolute atomic E-state index is 0.313. The van der Waals surface area contributed by atoms with E-state index in [0.717, 1.165) is 31.2 Å². The molecule has 0 saturated carbocycles. The summed E-state index contributed by atoms with van der Waals surface area (Å²) in [6.45, 7) is 3.39. The van der Waals surface area contributed by atoms with Crippen LogP contribution in [-0.2, 0) is 15.9 Å². The molecule has 1 atom stereocenters. The van der Waals surface area contributed by atoms with Crippen molar-refractivity contribution in [1.82, 2.24) is 4.31 Å². The smallest absolute Gasteiger partial charge is 0.207 e. The molecule has 1 aliphatic rings. The van der Waals surface area contributed by atoms with Crippen LogP contribution < -0.4 is 0 Å². The van der Waals surface area contributed by atoms with E-state index in [1.165, 1.54) is 0 Å². The number of hydrogen-bond donors (Lipinski definition) is 0. The summed E-state index contributed by atoms with van der Waals surface area (Å²) in [5.41, 5.74) is 0.819. The molecule has 118 valence electrons. The second kappa shape index (κ2) is 7.44. The minimum atomic E-state index is -3.45. The molecule has 1 aromatic carbocycles. The second-order valence-corrected chi connectivity index (χ2v) is 8.54. The maximum atomic E-state index is 12.9. The van der Waals surface area contributed by atoms with Crippen LogP contribution >= 0.6 is 27.5 Å². The maximum Gasteiger partial charge on any atom is 0.244 e. The highest BCUT2D eigenvalue weighted by molar-refractivity contribution is 9.10. The molecular formula is C15H21BrClNO2S. The highest BCUT2D eigenvalue weighted by atomic mass is 79.9. The molecule has 6 heteroatoms. The predicted octanol–water partition coefficient (Wildman–Crippen LogP) is 4.39. The Morgan fingerprint density at radius 2 is 2.10 bits per heavy atom. The Labute approximate surface area is 140 Å². The molecule has 0 radical (unpaired) electrons. The lowest BCUT2D eigenvalue weighted by atomic mass is 9.98. The molecule has 21 heavy (non-hydrogen) atoms. The summed E-state index contributed by atoms with van der Waals surface area (Å²) in [4.78, 5) is 0.329. The first-order chi connectivity index (χ1) is 9.98. The van der Waals surface area contributed by atoms with E-state index in [9.17, 15) is 8.42 Å². The number of halogens is 2. The third-order valence-corrected chi connectivity index (χ3v) is 7.35. The van der Waals surface area contributed by atoms with Gasteiger partial charge in [-0.1, -0.05) is 19.4 Å². The van der Waals surface area contributed by atoms with Gasteiger partial charge in [-0.25, -0.2) is 8.42 Å². The van der Waals surface area contributed by atoms with Gasteiger partial charge < -0.3 is 0 Å². The molecule has 0 aromatic heterocycles. The maximum absolute atomic E-state index is 12.9.